The Morgan fingerprint density at radius 3 is 2.07 bits per heavy atom. The maximum atomic E-state index is 2.62. The molecule has 0 spiro atoms. The molecular weight excluding hydrogens is 167 g/mol. The molecule has 1 radical (unpaired) electrons. The first-order valence-electron chi connectivity index (χ1n) is 6.77. The predicted octanol–water partition coefficient (Wildman–Crippen LogP) is 4.83. The second-order valence-corrected chi connectivity index (χ2v) is 4.84. The van der Waals surface area contributed by atoms with E-state index >= 15 is 0 Å². The Morgan fingerprint density at radius 2 is 1.50 bits per heavy atom. The summed E-state index contributed by atoms with van der Waals surface area (Å²) in [5.74, 6) is 0.958. The standard InChI is InChI=1S/C13H26B/c1-2-3-12-14-13-10-8-6-4-5-7-9-11-13/h13H,2-12H2,1H3. The van der Waals surface area contributed by atoms with Gasteiger partial charge in [-0.05, 0) is 0 Å². The normalized spacial score (nSPS) is 20.9. The molecule has 14 heavy (non-hydrogen) atoms. The van der Waals surface area contributed by atoms with Crippen LogP contribution in [0.15, 0.2) is 0 Å². The van der Waals surface area contributed by atoms with Crippen LogP contribution in [0.3, 0.4) is 0 Å². The smallest absolute Gasteiger partial charge is 0.0800 e. The Labute approximate surface area is 91.1 Å². The zero-order chi connectivity index (χ0) is 10.1. The van der Waals surface area contributed by atoms with Crippen molar-refractivity contribution in [1.29, 1.82) is 0 Å². The maximum absolute atomic E-state index is 2.62. The van der Waals surface area contributed by atoms with Crippen LogP contribution in [0.4, 0.5) is 0 Å². The van der Waals surface area contributed by atoms with Gasteiger partial charge in [-0.25, -0.2) is 0 Å². The van der Waals surface area contributed by atoms with Gasteiger partial charge in [0.2, 0.25) is 0 Å². The summed E-state index contributed by atoms with van der Waals surface area (Å²) in [5, 5.41) is 0. The minimum absolute atomic E-state index is 0.958. The molecule has 0 bridgehead atoms. The van der Waals surface area contributed by atoms with Crippen molar-refractivity contribution in [2.75, 3.05) is 0 Å². The van der Waals surface area contributed by atoms with E-state index in [0.29, 0.717) is 0 Å². The molecular formula is C13H26B. The van der Waals surface area contributed by atoms with Crippen molar-refractivity contribution in [3.8, 4) is 0 Å². The van der Waals surface area contributed by atoms with Crippen LogP contribution in [0.5, 0.6) is 0 Å². The fourth-order valence-corrected chi connectivity index (χ4v) is 2.46. The van der Waals surface area contributed by atoms with Gasteiger partial charge >= 0.3 is 0 Å². The van der Waals surface area contributed by atoms with Gasteiger partial charge < -0.3 is 0 Å². The second-order valence-electron chi connectivity index (χ2n) is 4.84. The third-order valence-corrected chi connectivity index (χ3v) is 3.46. The lowest BCUT2D eigenvalue weighted by Crippen LogP contribution is -2.03. The lowest BCUT2D eigenvalue weighted by atomic mass is 9.58. The van der Waals surface area contributed by atoms with Crippen LogP contribution in [0.2, 0.25) is 12.1 Å². The predicted molar refractivity (Wildman–Crippen MR) is 66.2 cm³/mol. The molecule has 0 nitrogen and oxygen atoms in total. The van der Waals surface area contributed by atoms with Gasteiger partial charge in [-0.1, -0.05) is 83.3 Å². The van der Waals surface area contributed by atoms with E-state index in [1.54, 1.807) is 0 Å². The highest BCUT2D eigenvalue weighted by Gasteiger charge is 2.10. The summed E-state index contributed by atoms with van der Waals surface area (Å²) in [5.41, 5.74) is 0. The molecule has 0 heterocycles. The van der Waals surface area contributed by atoms with E-state index < -0.39 is 0 Å². The molecule has 0 unspecified atom stereocenters. The highest BCUT2D eigenvalue weighted by Crippen LogP contribution is 2.26. The number of unbranched alkanes of at least 4 members (excludes halogenated alkanes) is 1. The summed E-state index contributed by atoms with van der Waals surface area (Å²) in [6.45, 7) is 2.29. The molecule has 1 aliphatic carbocycles. The Hall–Kier alpha value is 0.0649. The fraction of sp³-hybridized carbons (Fsp3) is 1.00. The lowest BCUT2D eigenvalue weighted by Gasteiger charge is -2.14. The quantitative estimate of drug-likeness (QED) is 0.443. The van der Waals surface area contributed by atoms with E-state index in [4.69, 9.17) is 0 Å². The minimum Gasteiger partial charge on any atom is -0.0800 e. The first-order valence-corrected chi connectivity index (χ1v) is 6.77. The number of hydrogen-bond donors (Lipinski definition) is 0. The van der Waals surface area contributed by atoms with Crippen molar-refractivity contribution < 1.29 is 0 Å². The largest absolute Gasteiger partial charge is 0.113 e. The fourth-order valence-electron chi connectivity index (χ4n) is 2.46. The van der Waals surface area contributed by atoms with E-state index in [2.05, 4.69) is 14.2 Å². The molecule has 1 aliphatic rings. The molecule has 0 amide bonds. The van der Waals surface area contributed by atoms with E-state index in [1.165, 1.54) is 70.5 Å². The third kappa shape index (κ3) is 5.72. The number of hydrogen-bond acceptors (Lipinski definition) is 0. The van der Waals surface area contributed by atoms with Gasteiger partial charge in [0, 0.05) is 0 Å². The van der Waals surface area contributed by atoms with Crippen LogP contribution in [0.25, 0.3) is 0 Å². The van der Waals surface area contributed by atoms with Crippen LogP contribution in [-0.4, -0.2) is 7.28 Å². The zero-order valence-corrected chi connectivity index (χ0v) is 9.93. The van der Waals surface area contributed by atoms with Gasteiger partial charge in [0.1, 0.15) is 7.28 Å². The summed E-state index contributed by atoms with van der Waals surface area (Å²) in [6, 6.07) is 0. The zero-order valence-electron chi connectivity index (χ0n) is 9.93. The van der Waals surface area contributed by atoms with Crippen molar-refractivity contribution in [3.05, 3.63) is 0 Å². The van der Waals surface area contributed by atoms with E-state index in [1.807, 2.05) is 0 Å². The van der Waals surface area contributed by atoms with E-state index in [0.717, 1.165) is 5.82 Å². The first-order chi connectivity index (χ1) is 6.93. The topological polar surface area (TPSA) is 0 Å². The first kappa shape index (κ1) is 12.1. The Morgan fingerprint density at radius 1 is 0.929 bits per heavy atom. The number of rotatable bonds is 4. The van der Waals surface area contributed by atoms with E-state index in [9.17, 15) is 0 Å². The molecule has 1 fully saturated rings. The molecule has 0 atom stereocenters. The maximum Gasteiger partial charge on any atom is 0.113 e. The van der Waals surface area contributed by atoms with Crippen molar-refractivity contribution in [2.45, 2.75) is 83.3 Å². The Bertz CT molecular complexity index is 112. The minimum atomic E-state index is 0.958. The molecule has 0 saturated heterocycles. The summed E-state index contributed by atoms with van der Waals surface area (Å²) < 4.78 is 0. The van der Waals surface area contributed by atoms with Crippen LogP contribution >= 0.6 is 0 Å². The Kier molecular flexibility index (Phi) is 7.26. The van der Waals surface area contributed by atoms with Crippen molar-refractivity contribution >= 4 is 7.28 Å². The van der Waals surface area contributed by atoms with Gasteiger partial charge in [-0.2, -0.15) is 0 Å². The molecule has 81 valence electrons. The van der Waals surface area contributed by atoms with Crippen LogP contribution in [-0.2, 0) is 0 Å². The van der Waals surface area contributed by atoms with E-state index in [-0.39, 0.29) is 0 Å². The van der Waals surface area contributed by atoms with Gasteiger partial charge in [-0.3, -0.25) is 0 Å². The monoisotopic (exact) mass is 193 g/mol. The molecule has 0 aromatic heterocycles. The van der Waals surface area contributed by atoms with Gasteiger partial charge in [0.05, 0.1) is 0 Å². The van der Waals surface area contributed by atoms with Gasteiger partial charge in [0.25, 0.3) is 0 Å². The van der Waals surface area contributed by atoms with Crippen LogP contribution in [0, 0.1) is 0 Å². The average molecular weight is 193 g/mol. The summed E-state index contributed by atoms with van der Waals surface area (Å²) >= 11 is 0. The lowest BCUT2D eigenvalue weighted by molar-refractivity contribution is 0.615. The highest BCUT2D eigenvalue weighted by molar-refractivity contribution is 6.37. The molecule has 1 heteroatoms. The van der Waals surface area contributed by atoms with Gasteiger partial charge in [0.15, 0.2) is 0 Å². The van der Waals surface area contributed by atoms with Crippen LogP contribution < -0.4 is 0 Å². The summed E-state index contributed by atoms with van der Waals surface area (Å²) in [4.78, 5) is 0. The second kappa shape index (κ2) is 8.38. The van der Waals surface area contributed by atoms with Gasteiger partial charge in [-0.15, -0.1) is 0 Å². The molecule has 1 saturated carbocycles. The van der Waals surface area contributed by atoms with Crippen molar-refractivity contribution in [2.24, 2.45) is 0 Å². The summed E-state index contributed by atoms with van der Waals surface area (Å²) in [7, 11) is 2.62. The average Bonchev–Trinajstić information content (AvgIpc) is 2.32. The molecule has 0 aliphatic heterocycles. The summed E-state index contributed by atoms with van der Waals surface area (Å²) in [6.07, 6.45) is 16.0. The molecule has 0 aromatic rings. The Balaban J connectivity index is 2.12. The molecule has 0 aromatic carbocycles. The SMILES string of the molecule is CCCC[B]C1CCCCCCCC1. The third-order valence-electron chi connectivity index (χ3n) is 3.46. The van der Waals surface area contributed by atoms with Crippen molar-refractivity contribution in [1.82, 2.24) is 0 Å². The molecule has 1 rings (SSSR count). The van der Waals surface area contributed by atoms with Crippen LogP contribution in [0.1, 0.15) is 71.1 Å². The van der Waals surface area contributed by atoms with Crippen molar-refractivity contribution in [3.63, 3.8) is 0 Å². The molecule has 0 N–H and O–H groups in total. The highest BCUT2D eigenvalue weighted by atomic mass is 14.1.